The minimum absolute atomic E-state index is 0.208. The standard InChI is InChI=1S/C11H16N2OS/c1-5-10(14)13-11-12-8(4)9(15-11)6-7(2)3/h5,7H,1,6H2,2-4H3,(H,12,13,14). The van der Waals surface area contributed by atoms with Crippen LogP contribution in [0.4, 0.5) is 5.13 Å². The Morgan fingerprint density at radius 3 is 2.87 bits per heavy atom. The van der Waals surface area contributed by atoms with Crippen molar-refractivity contribution in [2.45, 2.75) is 27.2 Å². The first-order chi connectivity index (χ1) is 7.02. The second-order valence-electron chi connectivity index (χ2n) is 3.82. The van der Waals surface area contributed by atoms with Gasteiger partial charge in [-0.05, 0) is 25.3 Å². The van der Waals surface area contributed by atoms with Crippen LogP contribution < -0.4 is 5.32 Å². The number of amides is 1. The van der Waals surface area contributed by atoms with E-state index in [9.17, 15) is 4.79 Å². The Balaban J connectivity index is 2.76. The molecule has 0 atom stereocenters. The third-order valence-electron chi connectivity index (χ3n) is 1.90. The number of hydrogen-bond donors (Lipinski definition) is 1. The molecule has 0 aliphatic carbocycles. The van der Waals surface area contributed by atoms with E-state index in [1.807, 2.05) is 6.92 Å². The lowest BCUT2D eigenvalue weighted by molar-refractivity contribution is -0.111. The van der Waals surface area contributed by atoms with Crippen molar-refractivity contribution >= 4 is 22.4 Å². The first-order valence-corrected chi connectivity index (χ1v) is 5.74. The van der Waals surface area contributed by atoms with Gasteiger partial charge in [0, 0.05) is 4.88 Å². The van der Waals surface area contributed by atoms with Gasteiger partial charge in [0.05, 0.1) is 5.69 Å². The number of carbonyl (C=O) groups is 1. The van der Waals surface area contributed by atoms with Gasteiger partial charge in [0.15, 0.2) is 5.13 Å². The van der Waals surface area contributed by atoms with Crippen LogP contribution in [0.3, 0.4) is 0 Å². The lowest BCUT2D eigenvalue weighted by atomic mass is 10.1. The molecule has 0 aliphatic rings. The third kappa shape index (κ3) is 3.47. The molecule has 3 nitrogen and oxygen atoms in total. The van der Waals surface area contributed by atoms with Gasteiger partial charge in [-0.15, -0.1) is 11.3 Å². The number of aryl methyl sites for hydroxylation is 1. The van der Waals surface area contributed by atoms with Crippen LogP contribution in [-0.2, 0) is 11.2 Å². The van der Waals surface area contributed by atoms with E-state index in [4.69, 9.17) is 0 Å². The van der Waals surface area contributed by atoms with Crippen molar-refractivity contribution in [2.75, 3.05) is 5.32 Å². The fourth-order valence-corrected chi connectivity index (χ4v) is 2.38. The van der Waals surface area contributed by atoms with Crippen molar-refractivity contribution in [2.24, 2.45) is 5.92 Å². The molecular weight excluding hydrogens is 208 g/mol. The van der Waals surface area contributed by atoms with Crippen LogP contribution in [0.15, 0.2) is 12.7 Å². The number of nitrogens with one attached hydrogen (secondary N) is 1. The van der Waals surface area contributed by atoms with Gasteiger partial charge in [-0.25, -0.2) is 4.98 Å². The Morgan fingerprint density at radius 2 is 2.33 bits per heavy atom. The lowest BCUT2D eigenvalue weighted by Gasteiger charge is -2.00. The molecule has 0 aromatic carbocycles. The number of thiazole rings is 1. The highest BCUT2D eigenvalue weighted by molar-refractivity contribution is 7.15. The Hall–Kier alpha value is -1.16. The van der Waals surface area contributed by atoms with Gasteiger partial charge in [-0.3, -0.25) is 10.1 Å². The van der Waals surface area contributed by atoms with Crippen molar-refractivity contribution < 1.29 is 4.79 Å². The van der Waals surface area contributed by atoms with E-state index in [0.29, 0.717) is 11.0 Å². The van der Waals surface area contributed by atoms with Gasteiger partial charge >= 0.3 is 0 Å². The second kappa shape index (κ2) is 5.07. The van der Waals surface area contributed by atoms with E-state index in [1.165, 1.54) is 11.0 Å². The lowest BCUT2D eigenvalue weighted by Crippen LogP contribution is -2.06. The van der Waals surface area contributed by atoms with Crippen LogP contribution in [0.2, 0.25) is 0 Å². The maximum atomic E-state index is 11.1. The van der Waals surface area contributed by atoms with Crippen LogP contribution in [0.5, 0.6) is 0 Å². The number of carbonyl (C=O) groups excluding carboxylic acids is 1. The Bertz CT molecular complexity index is 369. The highest BCUT2D eigenvalue weighted by Crippen LogP contribution is 2.24. The quantitative estimate of drug-likeness (QED) is 0.799. The molecule has 1 heterocycles. The molecule has 1 aromatic heterocycles. The molecule has 82 valence electrons. The average molecular weight is 224 g/mol. The SMILES string of the molecule is C=CC(=O)Nc1nc(C)c(CC(C)C)s1. The molecule has 0 saturated heterocycles. The summed E-state index contributed by atoms with van der Waals surface area (Å²) < 4.78 is 0. The van der Waals surface area contributed by atoms with Crippen LogP contribution in [0.25, 0.3) is 0 Å². The summed E-state index contributed by atoms with van der Waals surface area (Å²) in [7, 11) is 0. The smallest absolute Gasteiger partial charge is 0.249 e. The number of nitrogens with zero attached hydrogens (tertiary/aromatic N) is 1. The summed E-state index contributed by atoms with van der Waals surface area (Å²) in [4.78, 5) is 16.6. The number of rotatable bonds is 4. The van der Waals surface area contributed by atoms with Gasteiger partial charge in [0.1, 0.15) is 0 Å². The topological polar surface area (TPSA) is 42.0 Å². The first-order valence-electron chi connectivity index (χ1n) is 4.92. The molecule has 0 aliphatic heterocycles. The summed E-state index contributed by atoms with van der Waals surface area (Å²) in [5.74, 6) is 0.395. The van der Waals surface area contributed by atoms with Crippen LogP contribution in [-0.4, -0.2) is 10.9 Å². The fraction of sp³-hybridized carbons (Fsp3) is 0.455. The van der Waals surface area contributed by atoms with Crippen molar-refractivity contribution in [1.29, 1.82) is 0 Å². The molecule has 0 fully saturated rings. The van der Waals surface area contributed by atoms with Crippen LogP contribution in [0, 0.1) is 12.8 Å². The Labute approximate surface area is 94.2 Å². The summed E-state index contributed by atoms with van der Waals surface area (Å²) in [5, 5.41) is 3.34. The summed E-state index contributed by atoms with van der Waals surface area (Å²) in [6.07, 6.45) is 2.26. The monoisotopic (exact) mass is 224 g/mol. The van der Waals surface area contributed by atoms with E-state index in [1.54, 1.807) is 11.3 Å². The van der Waals surface area contributed by atoms with Gasteiger partial charge in [-0.2, -0.15) is 0 Å². The fourth-order valence-electron chi connectivity index (χ4n) is 1.20. The van der Waals surface area contributed by atoms with Crippen molar-refractivity contribution in [3.8, 4) is 0 Å². The molecule has 0 saturated carbocycles. The summed E-state index contributed by atoms with van der Waals surface area (Å²) in [6.45, 7) is 9.70. The van der Waals surface area contributed by atoms with Gasteiger partial charge in [0.25, 0.3) is 0 Å². The van der Waals surface area contributed by atoms with Gasteiger partial charge in [0.2, 0.25) is 5.91 Å². The van der Waals surface area contributed by atoms with E-state index >= 15 is 0 Å². The summed E-state index contributed by atoms with van der Waals surface area (Å²) in [5.41, 5.74) is 1.01. The molecule has 0 unspecified atom stereocenters. The highest BCUT2D eigenvalue weighted by Gasteiger charge is 2.09. The molecule has 1 amide bonds. The largest absolute Gasteiger partial charge is 0.298 e. The predicted octanol–water partition coefficient (Wildman–Crippen LogP) is 2.77. The van der Waals surface area contributed by atoms with E-state index in [0.717, 1.165) is 12.1 Å². The minimum atomic E-state index is -0.208. The van der Waals surface area contributed by atoms with Crippen molar-refractivity contribution in [3.63, 3.8) is 0 Å². The average Bonchev–Trinajstić information content (AvgIpc) is 2.45. The van der Waals surface area contributed by atoms with Crippen molar-refractivity contribution in [3.05, 3.63) is 23.2 Å². The van der Waals surface area contributed by atoms with Crippen LogP contribution >= 0.6 is 11.3 Å². The molecule has 1 rings (SSSR count). The van der Waals surface area contributed by atoms with Crippen LogP contribution in [0.1, 0.15) is 24.4 Å². The van der Waals surface area contributed by atoms with Gasteiger partial charge < -0.3 is 0 Å². The maximum Gasteiger partial charge on any atom is 0.249 e. The zero-order valence-electron chi connectivity index (χ0n) is 9.33. The molecule has 0 radical (unpaired) electrons. The predicted molar refractivity (Wildman–Crippen MR) is 64.2 cm³/mol. The van der Waals surface area contributed by atoms with E-state index in [2.05, 4.69) is 30.7 Å². The molecule has 1 aromatic rings. The summed E-state index contributed by atoms with van der Waals surface area (Å²) >= 11 is 1.54. The van der Waals surface area contributed by atoms with Gasteiger partial charge in [-0.1, -0.05) is 20.4 Å². The maximum absolute atomic E-state index is 11.1. The summed E-state index contributed by atoms with van der Waals surface area (Å²) in [6, 6.07) is 0. The molecule has 0 bridgehead atoms. The normalized spacial score (nSPS) is 10.4. The molecule has 15 heavy (non-hydrogen) atoms. The number of aromatic nitrogens is 1. The number of anilines is 1. The molecule has 1 N–H and O–H groups in total. The zero-order valence-corrected chi connectivity index (χ0v) is 10.1. The van der Waals surface area contributed by atoms with Crippen molar-refractivity contribution in [1.82, 2.24) is 4.98 Å². The Kier molecular flexibility index (Phi) is 4.03. The molecular formula is C11H16N2OS. The first kappa shape index (κ1) is 11.9. The number of hydrogen-bond acceptors (Lipinski definition) is 3. The van der Waals surface area contributed by atoms with E-state index < -0.39 is 0 Å². The molecule has 0 spiro atoms. The molecule has 4 heteroatoms. The highest BCUT2D eigenvalue weighted by atomic mass is 32.1. The Morgan fingerprint density at radius 1 is 1.67 bits per heavy atom. The zero-order chi connectivity index (χ0) is 11.4. The van der Waals surface area contributed by atoms with E-state index in [-0.39, 0.29) is 5.91 Å². The minimum Gasteiger partial charge on any atom is -0.298 e. The second-order valence-corrected chi connectivity index (χ2v) is 4.90. The third-order valence-corrected chi connectivity index (χ3v) is 3.00.